The lowest BCUT2D eigenvalue weighted by Gasteiger charge is -2.09. The average molecular weight is 460 g/mol. The predicted molar refractivity (Wildman–Crippen MR) is 133 cm³/mol. The number of nitrogens with one attached hydrogen (secondary N) is 1. The van der Waals surface area contributed by atoms with Gasteiger partial charge in [0.2, 0.25) is 5.82 Å². The predicted octanol–water partition coefficient (Wildman–Crippen LogP) is 4.72. The van der Waals surface area contributed by atoms with Gasteiger partial charge in [0, 0.05) is 35.8 Å². The number of nitrogens with zero attached hydrogens (tertiary/aromatic N) is 6. The summed E-state index contributed by atoms with van der Waals surface area (Å²) >= 11 is 0. The molecule has 0 aliphatic carbocycles. The van der Waals surface area contributed by atoms with Gasteiger partial charge in [0.05, 0.1) is 12.2 Å². The third-order valence-corrected chi connectivity index (χ3v) is 6.07. The maximum absolute atomic E-state index is 13.2. The number of imidazole rings is 1. The zero-order chi connectivity index (χ0) is 23.9. The molecule has 0 radical (unpaired) electrons. The second kappa shape index (κ2) is 11.0. The van der Waals surface area contributed by atoms with Crippen LogP contribution in [-0.2, 0) is 19.5 Å². The number of pyridine rings is 1. The van der Waals surface area contributed by atoms with Crippen LogP contribution in [0, 0.1) is 5.92 Å². The molecule has 8 nitrogen and oxygen atoms in total. The van der Waals surface area contributed by atoms with E-state index < -0.39 is 0 Å². The Morgan fingerprint density at radius 1 is 1.09 bits per heavy atom. The first-order valence-electron chi connectivity index (χ1n) is 12.1. The van der Waals surface area contributed by atoms with Crippen LogP contribution in [0.25, 0.3) is 22.6 Å². The summed E-state index contributed by atoms with van der Waals surface area (Å²) in [4.78, 5) is 17.7. The molecule has 0 saturated carbocycles. The van der Waals surface area contributed by atoms with E-state index >= 15 is 0 Å². The molecule has 0 spiro atoms. The van der Waals surface area contributed by atoms with Crippen molar-refractivity contribution in [3.05, 3.63) is 70.5 Å². The van der Waals surface area contributed by atoms with E-state index in [1.54, 1.807) is 6.20 Å². The largest absolute Gasteiger partial charge is 0.328 e. The molecule has 3 aromatic heterocycles. The molecule has 3 heterocycles. The summed E-state index contributed by atoms with van der Waals surface area (Å²) in [7, 11) is 0. The van der Waals surface area contributed by atoms with E-state index in [1.165, 1.54) is 12.8 Å². The molecule has 178 valence electrons. The molecule has 0 unspecified atom stereocenters. The normalized spacial score (nSPS) is 11.4. The highest BCUT2D eigenvalue weighted by molar-refractivity contribution is 5.76. The van der Waals surface area contributed by atoms with Gasteiger partial charge < -0.3 is 0 Å². The fourth-order valence-electron chi connectivity index (χ4n) is 4.11. The SMILES string of the molecule is CCCCCc1cn(CCC(C)C)c(=O)n1Cc1ccc(-c2ncccc2-c2nn[nH]n2)cc1. The van der Waals surface area contributed by atoms with Gasteiger partial charge in [-0.3, -0.25) is 14.1 Å². The lowest BCUT2D eigenvalue weighted by Crippen LogP contribution is -2.26. The third-order valence-electron chi connectivity index (χ3n) is 6.07. The van der Waals surface area contributed by atoms with Gasteiger partial charge in [-0.05, 0) is 48.1 Å². The molecule has 0 bridgehead atoms. The Labute approximate surface area is 200 Å². The van der Waals surface area contributed by atoms with E-state index in [4.69, 9.17) is 0 Å². The van der Waals surface area contributed by atoms with E-state index in [9.17, 15) is 4.79 Å². The summed E-state index contributed by atoms with van der Waals surface area (Å²) in [6.07, 6.45) is 9.19. The first-order valence-corrected chi connectivity index (χ1v) is 12.1. The van der Waals surface area contributed by atoms with Crippen LogP contribution in [0.15, 0.2) is 53.6 Å². The summed E-state index contributed by atoms with van der Waals surface area (Å²) in [6, 6.07) is 12.0. The van der Waals surface area contributed by atoms with Crippen molar-refractivity contribution in [1.82, 2.24) is 34.7 Å². The molecule has 0 aliphatic rings. The monoisotopic (exact) mass is 459 g/mol. The van der Waals surface area contributed by atoms with Gasteiger partial charge in [-0.2, -0.15) is 5.21 Å². The Kier molecular flexibility index (Phi) is 7.67. The Morgan fingerprint density at radius 3 is 2.62 bits per heavy atom. The maximum Gasteiger partial charge on any atom is 0.328 e. The van der Waals surface area contributed by atoms with Gasteiger partial charge in [0.15, 0.2) is 0 Å². The number of tetrazole rings is 1. The van der Waals surface area contributed by atoms with Crippen molar-refractivity contribution in [2.45, 2.75) is 66.0 Å². The van der Waals surface area contributed by atoms with Crippen LogP contribution in [0.3, 0.4) is 0 Å². The summed E-state index contributed by atoms with van der Waals surface area (Å²) in [5.74, 6) is 1.08. The van der Waals surface area contributed by atoms with Crippen LogP contribution < -0.4 is 5.69 Å². The maximum atomic E-state index is 13.2. The minimum Gasteiger partial charge on any atom is -0.299 e. The molecule has 0 fully saturated rings. The zero-order valence-corrected chi connectivity index (χ0v) is 20.2. The number of hydrogen-bond acceptors (Lipinski definition) is 5. The van der Waals surface area contributed by atoms with E-state index in [2.05, 4.69) is 64.7 Å². The van der Waals surface area contributed by atoms with Gasteiger partial charge in [0.25, 0.3) is 0 Å². The molecule has 0 saturated heterocycles. The van der Waals surface area contributed by atoms with Crippen molar-refractivity contribution < 1.29 is 0 Å². The fraction of sp³-hybridized carbons (Fsp3) is 0.423. The van der Waals surface area contributed by atoms with Crippen molar-refractivity contribution in [3.8, 4) is 22.6 Å². The topological polar surface area (TPSA) is 94.3 Å². The van der Waals surface area contributed by atoms with Crippen LogP contribution in [-0.4, -0.2) is 34.7 Å². The zero-order valence-electron chi connectivity index (χ0n) is 20.2. The van der Waals surface area contributed by atoms with E-state index in [0.29, 0.717) is 18.3 Å². The second-order valence-corrected chi connectivity index (χ2v) is 9.15. The number of aromatic nitrogens is 7. The molecule has 1 aromatic carbocycles. The van der Waals surface area contributed by atoms with Crippen molar-refractivity contribution in [2.75, 3.05) is 0 Å². The molecule has 0 amide bonds. The minimum atomic E-state index is 0.0837. The quantitative estimate of drug-likeness (QED) is 0.328. The van der Waals surface area contributed by atoms with E-state index in [1.807, 2.05) is 33.4 Å². The number of hydrogen-bond donors (Lipinski definition) is 1. The molecule has 1 N–H and O–H groups in total. The van der Waals surface area contributed by atoms with Crippen molar-refractivity contribution in [2.24, 2.45) is 5.92 Å². The smallest absolute Gasteiger partial charge is 0.299 e. The first kappa shape index (κ1) is 23.6. The summed E-state index contributed by atoms with van der Waals surface area (Å²) in [6.45, 7) is 7.92. The average Bonchev–Trinajstić information content (AvgIpc) is 3.48. The van der Waals surface area contributed by atoms with E-state index in [-0.39, 0.29) is 5.69 Å². The number of aromatic amines is 1. The molecule has 4 rings (SSSR count). The highest BCUT2D eigenvalue weighted by atomic mass is 16.1. The van der Waals surface area contributed by atoms with Gasteiger partial charge in [-0.15, -0.1) is 10.2 Å². The van der Waals surface area contributed by atoms with Crippen molar-refractivity contribution in [1.29, 1.82) is 0 Å². The molecule has 0 atom stereocenters. The van der Waals surface area contributed by atoms with Crippen molar-refractivity contribution in [3.63, 3.8) is 0 Å². The Balaban J connectivity index is 1.58. The third kappa shape index (κ3) is 5.50. The Morgan fingerprint density at radius 2 is 1.91 bits per heavy atom. The fourth-order valence-corrected chi connectivity index (χ4v) is 4.11. The van der Waals surface area contributed by atoms with Crippen LogP contribution in [0.5, 0.6) is 0 Å². The Hall–Kier alpha value is -3.55. The highest BCUT2D eigenvalue weighted by Crippen LogP contribution is 2.27. The number of rotatable bonds is 11. The van der Waals surface area contributed by atoms with Crippen LogP contribution in [0.1, 0.15) is 57.7 Å². The molecule has 4 aromatic rings. The van der Waals surface area contributed by atoms with Crippen molar-refractivity contribution >= 4 is 0 Å². The molecule has 0 aliphatic heterocycles. The highest BCUT2D eigenvalue weighted by Gasteiger charge is 2.14. The van der Waals surface area contributed by atoms with E-state index in [0.717, 1.165) is 53.9 Å². The molecular weight excluding hydrogens is 426 g/mol. The standard InChI is InChI=1S/C26H33N7O/c1-4-5-6-8-22-18-32(16-14-19(2)3)26(34)33(22)17-20-10-12-21(13-11-20)24-23(9-7-15-27-24)25-28-30-31-29-25/h7,9-13,15,18-19H,4-6,8,14,16-17H2,1-3H3,(H,28,29,30,31). The van der Waals surface area contributed by atoms with Crippen LogP contribution in [0.2, 0.25) is 0 Å². The summed E-state index contributed by atoms with van der Waals surface area (Å²) in [5, 5.41) is 14.4. The lowest BCUT2D eigenvalue weighted by molar-refractivity contribution is 0.502. The molecular formula is C26H33N7O. The second-order valence-electron chi connectivity index (χ2n) is 9.15. The number of aryl methyl sites for hydroxylation is 2. The van der Waals surface area contributed by atoms with Gasteiger partial charge in [0.1, 0.15) is 0 Å². The Bertz CT molecular complexity index is 1240. The van der Waals surface area contributed by atoms with Gasteiger partial charge >= 0.3 is 5.69 Å². The lowest BCUT2D eigenvalue weighted by atomic mass is 10.0. The minimum absolute atomic E-state index is 0.0837. The van der Waals surface area contributed by atoms with Crippen LogP contribution in [0.4, 0.5) is 0 Å². The van der Waals surface area contributed by atoms with Gasteiger partial charge in [-0.25, -0.2) is 4.79 Å². The summed E-state index contributed by atoms with van der Waals surface area (Å²) in [5.41, 5.74) is 4.87. The first-order chi connectivity index (χ1) is 16.6. The molecule has 8 heteroatoms. The molecule has 34 heavy (non-hydrogen) atoms. The number of benzene rings is 1. The number of unbranched alkanes of at least 4 members (excludes halogenated alkanes) is 2. The van der Waals surface area contributed by atoms with Gasteiger partial charge in [-0.1, -0.05) is 57.9 Å². The van der Waals surface area contributed by atoms with Crippen LogP contribution >= 0.6 is 0 Å². The summed E-state index contributed by atoms with van der Waals surface area (Å²) < 4.78 is 3.83. The number of H-pyrrole nitrogens is 1.